The normalized spacial score (nSPS) is 15.1. The van der Waals surface area contributed by atoms with Gasteiger partial charge in [-0.3, -0.25) is 4.79 Å². The number of hydrogen-bond donors (Lipinski definition) is 5. The first-order valence-electron chi connectivity index (χ1n) is 13.2. The van der Waals surface area contributed by atoms with Crippen LogP contribution in [0, 0.1) is 0 Å². The van der Waals surface area contributed by atoms with Crippen molar-refractivity contribution in [1.82, 2.24) is 0 Å². The molecule has 0 saturated carbocycles. The van der Waals surface area contributed by atoms with Crippen LogP contribution < -0.4 is 0 Å². The third kappa shape index (κ3) is 14.9. The number of carboxylic acids is 1. The molecule has 1 aromatic rings. The number of carbonyl (C=O) groups is 1. The minimum Gasteiger partial charge on any atom is -0.481 e. The van der Waals surface area contributed by atoms with E-state index < -0.39 is 24.3 Å². The number of benzene rings is 1. The summed E-state index contributed by atoms with van der Waals surface area (Å²) in [4.78, 5) is 10.7. The molecule has 3 atom stereocenters. The zero-order valence-corrected chi connectivity index (χ0v) is 21.3. The van der Waals surface area contributed by atoms with Crippen LogP contribution in [0.25, 0.3) is 0 Å². The fourth-order valence-corrected chi connectivity index (χ4v) is 4.12. The second kappa shape index (κ2) is 19.2. The summed E-state index contributed by atoms with van der Waals surface area (Å²) >= 11 is 0. The molecule has 0 heterocycles. The minimum atomic E-state index is -0.952. The topological polar surface area (TPSA) is 118 Å². The van der Waals surface area contributed by atoms with Gasteiger partial charge in [0.15, 0.2) is 0 Å². The fourth-order valence-electron chi connectivity index (χ4n) is 4.12. The molecule has 35 heavy (non-hydrogen) atoms. The second-order valence-electron chi connectivity index (χ2n) is 9.38. The lowest BCUT2D eigenvalue weighted by molar-refractivity contribution is -0.137. The summed E-state index contributed by atoms with van der Waals surface area (Å²) in [7, 11) is 0. The largest absolute Gasteiger partial charge is 0.481 e. The predicted octanol–water partition coefficient (Wildman–Crippen LogP) is 4.94. The average Bonchev–Trinajstić information content (AvgIpc) is 2.86. The Labute approximate surface area is 211 Å². The van der Waals surface area contributed by atoms with Gasteiger partial charge in [0.05, 0.1) is 24.9 Å². The molecule has 0 aliphatic carbocycles. The Morgan fingerprint density at radius 2 is 1.57 bits per heavy atom. The summed E-state index contributed by atoms with van der Waals surface area (Å²) in [6.45, 7) is 1.73. The van der Waals surface area contributed by atoms with Crippen molar-refractivity contribution in [2.24, 2.45) is 0 Å². The molecule has 0 radical (unpaired) electrons. The zero-order chi connectivity index (χ0) is 25.9. The maximum atomic E-state index is 10.7. The molecule has 3 unspecified atom stereocenters. The fraction of sp³-hybridized carbons (Fsp3) is 0.621. The van der Waals surface area contributed by atoms with Gasteiger partial charge in [0.2, 0.25) is 0 Å². The first-order valence-corrected chi connectivity index (χ1v) is 13.2. The molecule has 6 heteroatoms. The zero-order valence-electron chi connectivity index (χ0n) is 21.3. The highest BCUT2D eigenvalue weighted by Gasteiger charge is 2.15. The van der Waals surface area contributed by atoms with Crippen molar-refractivity contribution in [2.75, 3.05) is 6.61 Å². The van der Waals surface area contributed by atoms with Gasteiger partial charge in [0.25, 0.3) is 0 Å². The number of aryl methyl sites for hydroxylation is 1. The van der Waals surface area contributed by atoms with E-state index in [1.165, 1.54) is 5.56 Å². The SMILES string of the molecule is CCCCC(O)C(O)C=CC(CCc1ccccc1)=C(CCCCCCCC(=O)O)CC(O)CO. The van der Waals surface area contributed by atoms with Gasteiger partial charge < -0.3 is 25.5 Å². The van der Waals surface area contributed by atoms with Gasteiger partial charge in [-0.25, -0.2) is 0 Å². The van der Waals surface area contributed by atoms with E-state index in [0.717, 1.165) is 68.9 Å². The Hall–Kier alpha value is -1.99. The van der Waals surface area contributed by atoms with E-state index in [2.05, 4.69) is 12.1 Å². The van der Waals surface area contributed by atoms with Crippen LogP contribution in [0.5, 0.6) is 0 Å². The maximum absolute atomic E-state index is 10.7. The van der Waals surface area contributed by atoms with Crippen molar-refractivity contribution in [1.29, 1.82) is 0 Å². The highest BCUT2D eigenvalue weighted by atomic mass is 16.4. The molecular formula is C29H46O6. The van der Waals surface area contributed by atoms with Crippen molar-refractivity contribution < 1.29 is 30.3 Å². The van der Waals surface area contributed by atoms with E-state index in [-0.39, 0.29) is 13.0 Å². The molecule has 0 bridgehead atoms. The lowest BCUT2D eigenvalue weighted by Gasteiger charge is -2.18. The molecular weight excluding hydrogens is 444 g/mol. The molecule has 0 spiro atoms. The van der Waals surface area contributed by atoms with Gasteiger partial charge in [0, 0.05) is 6.42 Å². The molecule has 1 aromatic carbocycles. The summed E-state index contributed by atoms with van der Waals surface area (Å²) in [5.41, 5.74) is 3.27. The summed E-state index contributed by atoms with van der Waals surface area (Å²) in [6, 6.07) is 10.1. The number of allylic oxidation sites excluding steroid dienone is 2. The van der Waals surface area contributed by atoms with E-state index in [0.29, 0.717) is 19.3 Å². The third-order valence-electron chi connectivity index (χ3n) is 6.28. The monoisotopic (exact) mass is 490 g/mol. The first kappa shape index (κ1) is 31.0. The average molecular weight is 491 g/mol. The minimum absolute atomic E-state index is 0.203. The lowest BCUT2D eigenvalue weighted by atomic mass is 9.91. The molecule has 0 aliphatic heterocycles. The quantitative estimate of drug-likeness (QED) is 0.130. The van der Waals surface area contributed by atoms with Gasteiger partial charge in [-0.05, 0) is 56.1 Å². The van der Waals surface area contributed by atoms with Gasteiger partial charge >= 0.3 is 5.97 Å². The van der Waals surface area contributed by atoms with Crippen LogP contribution in [0.15, 0.2) is 53.6 Å². The van der Waals surface area contributed by atoms with Gasteiger partial charge in [-0.1, -0.05) is 87.1 Å². The van der Waals surface area contributed by atoms with E-state index in [9.17, 15) is 25.2 Å². The number of hydrogen-bond acceptors (Lipinski definition) is 5. The van der Waals surface area contributed by atoms with Gasteiger partial charge in [-0.15, -0.1) is 0 Å². The molecule has 0 fully saturated rings. The number of unbranched alkanes of at least 4 members (excludes halogenated alkanes) is 5. The van der Waals surface area contributed by atoms with Crippen molar-refractivity contribution in [2.45, 2.75) is 109 Å². The van der Waals surface area contributed by atoms with Crippen LogP contribution in [0.4, 0.5) is 0 Å². The number of aliphatic hydroxyl groups excluding tert-OH is 4. The van der Waals surface area contributed by atoms with Crippen LogP contribution in [0.2, 0.25) is 0 Å². The molecule has 5 N–H and O–H groups in total. The number of aliphatic hydroxyl groups is 4. The Kier molecular flexibility index (Phi) is 17.1. The molecule has 1 rings (SSSR count). The maximum Gasteiger partial charge on any atom is 0.303 e. The lowest BCUT2D eigenvalue weighted by Crippen LogP contribution is -2.23. The van der Waals surface area contributed by atoms with Crippen LogP contribution >= 0.6 is 0 Å². The molecule has 0 aromatic heterocycles. The molecule has 0 saturated heterocycles. The standard InChI is InChI=1S/C29H46O6/c1-2-3-15-27(32)28(33)20-19-24(18-17-23-12-8-7-9-13-23)25(21-26(31)22-30)14-10-5-4-6-11-16-29(34)35/h7-9,12-13,19-20,26-28,30-33H,2-6,10-11,14-18,21-22H2,1H3,(H,34,35). The Morgan fingerprint density at radius 3 is 2.20 bits per heavy atom. The van der Waals surface area contributed by atoms with Gasteiger partial charge in [-0.2, -0.15) is 0 Å². The van der Waals surface area contributed by atoms with Crippen molar-refractivity contribution >= 4 is 5.97 Å². The van der Waals surface area contributed by atoms with E-state index >= 15 is 0 Å². The highest BCUT2D eigenvalue weighted by molar-refractivity contribution is 5.66. The summed E-state index contributed by atoms with van der Waals surface area (Å²) in [6.07, 6.45) is 10.5. The van der Waals surface area contributed by atoms with Crippen molar-refractivity contribution in [3.8, 4) is 0 Å². The number of carboxylic acid groups (broad SMARTS) is 1. The van der Waals surface area contributed by atoms with Crippen LogP contribution in [0.1, 0.15) is 89.5 Å². The number of aliphatic carboxylic acids is 1. The van der Waals surface area contributed by atoms with Gasteiger partial charge in [0.1, 0.15) is 0 Å². The molecule has 0 aliphatic rings. The van der Waals surface area contributed by atoms with Crippen LogP contribution in [0.3, 0.4) is 0 Å². The Bertz CT molecular complexity index is 743. The van der Waals surface area contributed by atoms with Crippen LogP contribution in [-0.4, -0.2) is 56.4 Å². The molecule has 0 amide bonds. The van der Waals surface area contributed by atoms with E-state index in [1.807, 2.05) is 31.2 Å². The van der Waals surface area contributed by atoms with Crippen molar-refractivity contribution in [3.05, 3.63) is 59.2 Å². The van der Waals surface area contributed by atoms with E-state index in [4.69, 9.17) is 5.11 Å². The summed E-state index contributed by atoms with van der Waals surface area (Å²) in [5.74, 6) is -0.759. The Balaban J connectivity index is 2.95. The highest BCUT2D eigenvalue weighted by Crippen LogP contribution is 2.25. The summed E-state index contributed by atoms with van der Waals surface area (Å²) < 4.78 is 0. The van der Waals surface area contributed by atoms with Crippen molar-refractivity contribution in [3.63, 3.8) is 0 Å². The smallest absolute Gasteiger partial charge is 0.303 e. The molecule has 198 valence electrons. The first-order chi connectivity index (χ1) is 16.9. The predicted molar refractivity (Wildman–Crippen MR) is 140 cm³/mol. The van der Waals surface area contributed by atoms with Crippen LogP contribution in [-0.2, 0) is 11.2 Å². The third-order valence-corrected chi connectivity index (χ3v) is 6.28. The van der Waals surface area contributed by atoms with E-state index in [1.54, 1.807) is 6.08 Å². The molecule has 6 nitrogen and oxygen atoms in total. The second-order valence-corrected chi connectivity index (χ2v) is 9.38. The summed E-state index contributed by atoms with van der Waals surface area (Å²) in [5, 5.41) is 49.1. The Morgan fingerprint density at radius 1 is 0.914 bits per heavy atom. The number of rotatable bonds is 20.